The van der Waals surface area contributed by atoms with Gasteiger partial charge >= 0.3 is 0 Å². The standard InChI is InChI=1S/C28H30N2O3/c1-18-6-8-21-23(16-29-24(21)14-18)26(32)17-30-12-10-28(11-13-30)15-25(31)22-9-7-19-4-2-3-5-20(19)27(22)33-28/h2-9,14,16,25-26,29,31-32H,10-13,15,17H2,1H3/t25-,26-/m0/s1. The summed E-state index contributed by atoms with van der Waals surface area (Å²) >= 11 is 0. The fourth-order valence-corrected chi connectivity index (χ4v) is 5.69. The molecule has 5 heteroatoms. The Morgan fingerprint density at radius 2 is 1.91 bits per heavy atom. The van der Waals surface area contributed by atoms with Gasteiger partial charge in [-0.15, -0.1) is 0 Å². The fourth-order valence-electron chi connectivity index (χ4n) is 5.69. The lowest BCUT2D eigenvalue weighted by molar-refractivity contribution is -0.0576. The van der Waals surface area contributed by atoms with E-state index in [1.165, 1.54) is 5.56 Å². The molecule has 4 aromatic rings. The molecule has 2 aliphatic rings. The first-order chi connectivity index (χ1) is 16.0. The number of fused-ring (bicyclic) bond motifs is 4. The first-order valence-electron chi connectivity index (χ1n) is 11.9. The molecule has 2 aliphatic heterocycles. The minimum Gasteiger partial charge on any atom is -0.486 e. The van der Waals surface area contributed by atoms with Crippen molar-refractivity contribution in [3.8, 4) is 5.75 Å². The predicted molar refractivity (Wildman–Crippen MR) is 131 cm³/mol. The van der Waals surface area contributed by atoms with Crippen LogP contribution in [0.4, 0.5) is 0 Å². The number of benzene rings is 3. The molecular weight excluding hydrogens is 412 g/mol. The summed E-state index contributed by atoms with van der Waals surface area (Å²) in [6.45, 7) is 4.35. The van der Waals surface area contributed by atoms with Crippen LogP contribution in [0.25, 0.3) is 21.7 Å². The maximum atomic E-state index is 11.0. The Morgan fingerprint density at radius 3 is 2.76 bits per heavy atom. The summed E-state index contributed by atoms with van der Waals surface area (Å²) in [4.78, 5) is 5.61. The normalized spacial score (nSPS) is 21.2. The molecule has 0 amide bonds. The average molecular weight is 443 g/mol. The first-order valence-corrected chi connectivity index (χ1v) is 11.9. The van der Waals surface area contributed by atoms with Gasteiger partial charge in [-0.3, -0.25) is 0 Å². The zero-order valence-electron chi connectivity index (χ0n) is 18.9. The van der Waals surface area contributed by atoms with E-state index in [-0.39, 0.29) is 5.60 Å². The topological polar surface area (TPSA) is 68.7 Å². The number of aromatic nitrogens is 1. The number of nitrogens with zero attached hydrogens (tertiary/aromatic N) is 1. The molecule has 33 heavy (non-hydrogen) atoms. The van der Waals surface area contributed by atoms with Crippen molar-refractivity contribution in [1.29, 1.82) is 0 Å². The highest BCUT2D eigenvalue weighted by molar-refractivity contribution is 5.90. The van der Waals surface area contributed by atoms with Crippen molar-refractivity contribution in [2.75, 3.05) is 19.6 Å². The molecule has 3 N–H and O–H groups in total. The summed E-state index contributed by atoms with van der Waals surface area (Å²) in [6.07, 6.45) is 3.18. The predicted octanol–water partition coefficient (Wildman–Crippen LogP) is 5.01. The van der Waals surface area contributed by atoms with Crippen molar-refractivity contribution in [3.05, 3.63) is 77.5 Å². The molecular formula is C28H30N2O3. The van der Waals surface area contributed by atoms with E-state index in [1.807, 2.05) is 24.4 Å². The van der Waals surface area contributed by atoms with Gasteiger partial charge in [0, 0.05) is 59.7 Å². The van der Waals surface area contributed by atoms with Crippen molar-refractivity contribution < 1.29 is 14.9 Å². The number of aromatic amines is 1. The van der Waals surface area contributed by atoms with Crippen LogP contribution in [-0.2, 0) is 0 Å². The molecule has 0 bridgehead atoms. The number of aliphatic hydroxyl groups excluding tert-OH is 2. The molecule has 1 spiro atoms. The summed E-state index contributed by atoms with van der Waals surface area (Å²) in [6, 6.07) is 18.6. The number of H-pyrrole nitrogens is 1. The van der Waals surface area contributed by atoms with Crippen molar-refractivity contribution in [1.82, 2.24) is 9.88 Å². The Bertz CT molecular complexity index is 1320. The van der Waals surface area contributed by atoms with Crippen LogP contribution < -0.4 is 4.74 Å². The lowest BCUT2D eigenvalue weighted by Crippen LogP contribution is -2.51. The highest BCUT2D eigenvalue weighted by Crippen LogP contribution is 2.47. The Kier molecular flexibility index (Phi) is 4.94. The number of hydrogen-bond acceptors (Lipinski definition) is 4. The number of likely N-dealkylation sites (tertiary alicyclic amines) is 1. The third kappa shape index (κ3) is 3.61. The van der Waals surface area contributed by atoms with E-state index in [0.717, 1.165) is 64.5 Å². The van der Waals surface area contributed by atoms with Gasteiger partial charge < -0.3 is 24.8 Å². The van der Waals surface area contributed by atoms with Gasteiger partial charge in [0.05, 0.1) is 12.2 Å². The van der Waals surface area contributed by atoms with Crippen LogP contribution in [0.15, 0.2) is 60.8 Å². The highest BCUT2D eigenvalue weighted by Gasteiger charge is 2.43. The minimum absolute atomic E-state index is 0.351. The number of piperidine rings is 1. The molecule has 2 atom stereocenters. The Labute approximate surface area is 193 Å². The van der Waals surface area contributed by atoms with Crippen LogP contribution in [0.1, 0.15) is 48.2 Å². The van der Waals surface area contributed by atoms with Crippen molar-refractivity contribution in [2.24, 2.45) is 0 Å². The first kappa shape index (κ1) is 20.7. The van der Waals surface area contributed by atoms with Gasteiger partial charge in [0.1, 0.15) is 11.4 Å². The molecule has 0 saturated carbocycles. The Morgan fingerprint density at radius 1 is 1.09 bits per heavy atom. The van der Waals surface area contributed by atoms with Crippen molar-refractivity contribution in [2.45, 2.75) is 44.0 Å². The van der Waals surface area contributed by atoms with Gasteiger partial charge in [-0.1, -0.05) is 48.5 Å². The molecule has 0 aliphatic carbocycles. The summed E-state index contributed by atoms with van der Waals surface area (Å²) in [5, 5.41) is 25.2. The van der Waals surface area contributed by atoms with Crippen LogP contribution in [-0.4, -0.2) is 45.3 Å². The van der Waals surface area contributed by atoms with Crippen LogP contribution in [0.5, 0.6) is 5.75 Å². The number of aliphatic hydroxyl groups is 2. The number of rotatable bonds is 3. The second-order valence-electron chi connectivity index (χ2n) is 9.82. The second-order valence-corrected chi connectivity index (χ2v) is 9.82. The summed E-state index contributed by atoms with van der Waals surface area (Å²) in [5.41, 5.74) is 3.77. The molecule has 3 aromatic carbocycles. The Hall–Kier alpha value is -2.86. The molecule has 1 saturated heterocycles. The van der Waals surface area contributed by atoms with Gasteiger partial charge in [-0.05, 0) is 36.8 Å². The molecule has 1 fully saturated rings. The zero-order chi connectivity index (χ0) is 22.6. The van der Waals surface area contributed by atoms with E-state index in [2.05, 4.69) is 53.2 Å². The third-order valence-electron chi connectivity index (χ3n) is 7.58. The van der Waals surface area contributed by atoms with Crippen LogP contribution in [0.2, 0.25) is 0 Å². The van der Waals surface area contributed by atoms with Gasteiger partial charge in [0.15, 0.2) is 0 Å². The molecule has 3 heterocycles. The summed E-state index contributed by atoms with van der Waals surface area (Å²) in [7, 11) is 0. The average Bonchev–Trinajstić information content (AvgIpc) is 3.24. The molecule has 0 unspecified atom stereocenters. The van der Waals surface area contributed by atoms with Gasteiger partial charge in [0.25, 0.3) is 0 Å². The third-order valence-corrected chi connectivity index (χ3v) is 7.58. The molecule has 170 valence electrons. The molecule has 1 aromatic heterocycles. The monoisotopic (exact) mass is 442 g/mol. The number of hydrogen-bond donors (Lipinski definition) is 3. The highest BCUT2D eigenvalue weighted by atomic mass is 16.5. The van der Waals surface area contributed by atoms with Crippen molar-refractivity contribution in [3.63, 3.8) is 0 Å². The van der Waals surface area contributed by atoms with Crippen LogP contribution in [0, 0.1) is 6.92 Å². The number of aryl methyl sites for hydroxylation is 1. The maximum Gasteiger partial charge on any atom is 0.133 e. The minimum atomic E-state index is -0.543. The zero-order valence-corrected chi connectivity index (χ0v) is 18.9. The number of nitrogens with one attached hydrogen (secondary N) is 1. The summed E-state index contributed by atoms with van der Waals surface area (Å²) < 4.78 is 6.68. The van der Waals surface area contributed by atoms with Crippen LogP contribution in [0.3, 0.4) is 0 Å². The van der Waals surface area contributed by atoms with Crippen molar-refractivity contribution >= 4 is 21.7 Å². The largest absolute Gasteiger partial charge is 0.486 e. The maximum absolute atomic E-state index is 11.0. The summed E-state index contributed by atoms with van der Waals surface area (Å²) in [5.74, 6) is 0.842. The van der Waals surface area contributed by atoms with Gasteiger partial charge in [0.2, 0.25) is 0 Å². The second kappa shape index (κ2) is 7.87. The SMILES string of the molecule is Cc1ccc2c([C@@H](O)CN3CCC4(CC3)C[C@H](O)c3ccc5ccccc5c3O4)c[nH]c2c1. The molecule has 6 rings (SSSR count). The lowest BCUT2D eigenvalue weighted by Gasteiger charge is -2.46. The van der Waals surface area contributed by atoms with Gasteiger partial charge in [-0.2, -0.15) is 0 Å². The fraction of sp³-hybridized carbons (Fsp3) is 0.357. The lowest BCUT2D eigenvalue weighted by atomic mass is 9.81. The van der Waals surface area contributed by atoms with E-state index in [0.29, 0.717) is 13.0 Å². The number of ether oxygens (including phenoxy) is 1. The Balaban J connectivity index is 1.18. The molecule has 0 radical (unpaired) electrons. The van der Waals surface area contributed by atoms with E-state index in [4.69, 9.17) is 4.74 Å². The van der Waals surface area contributed by atoms with E-state index in [1.54, 1.807) is 0 Å². The van der Waals surface area contributed by atoms with E-state index >= 15 is 0 Å². The van der Waals surface area contributed by atoms with E-state index in [9.17, 15) is 10.2 Å². The number of β-amino-alcohol motifs (C(OH)–C–C–N with tert-alkyl or cyclic N) is 1. The quantitative estimate of drug-likeness (QED) is 0.417. The molecule has 5 nitrogen and oxygen atoms in total. The smallest absolute Gasteiger partial charge is 0.133 e. The van der Waals surface area contributed by atoms with Crippen LogP contribution >= 0.6 is 0 Å². The van der Waals surface area contributed by atoms with E-state index < -0.39 is 12.2 Å². The van der Waals surface area contributed by atoms with Gasteiger partial charge in [-0.25, -0.2) is 0 Å².